The molecule has 1 fully saturated rings. The van der Waals surface area contributed by atoms with Gasteiger partial charge in [0.25, 0.3) is 0 Å². The Morgan fingerprint density at radius 3 is 2.95 bits per heavy atom. The van der Waals surface area contributed by atoms with Crippen LogP contribution in [0.4, 0.5) is 0 Å². The fraction of sp³-hybridized carbons (Fsp3) is 0.625. The van der Waals surface area contributed by atoms with Crippen LogP contribution in [0.25, 0.3) is 0 Å². The van der Waals surface area contributed by atoms with Crippen LogP contribution in [0.15, 0.2) is 24.3 Å². The number of likely N-dealkylation sites (N-methyl/N-ethyl adjacent to an activating group) is 1. The monoisotopic (exact) mass is 262 g/mol. The van der Waals surface area contributed by atoms with Crippen molar-refractivity contribution in [3.8, 4) is 0 Å². The topological polar surface area (TPSA) is 24.5 Å². The summed E-state index contributed by atoms with van der Waals surface area (Å²) in [4.78, 5) is 2.36. The first-order chi connectivity index (χ1) is 9.28. The predicted octanol–water partition coefficient (Wildman–Crippen LogP) is 2.41. The highest BCUT2D eigenvalue weighted by Crippen LogP contribution is 2.14. The molecule has 0 saturated carbocycles. The van der Waals surface area contributed by atoms with Crippen LogP contribution in [0.1, 0.15) is 30.9 Å². The van der Waals surface area contributed by atoms with E-state index < -0.39 is 0 Å². The van der Waals surface area contributed by atoms with Gasteiger partial charge in [0.15, 0.2) is 0 Å². The van der Waals surface area contributed by atoms with Crippen molar-refractivity contribution in [1.29, 1.82) is 0 Å². The van der Waals surface area contributed by atoms with Gasteiger partial charge in [0, 0.05) is 26.2 Å². The molecule has 1 aromatic rings. The largest absolute Gasteiger partial charge is 0.377 e. The summed E-state index contributed by atoms with van der Waals surface area (Å²) in [5.74, 6) is 0. The van der Waals surface area contributed by atoms with Crippen LogP contribution in [0.3, 0.4) is 0 Å². The summed E-state index contributed by atoms with van der Waals surface area (Å²) in [6, 6.07) is 8.85. The van der Waals surface area contributed by atoms with Crippen molar-refractivity contribution in [1.82, 2.24) is 10.2 Å². The highest BCUT2D eigenvalue weighted by Gasteiger charge is 2.17. The fourth-order valence-electron chi connectivity index (χ4n) is 2.62. The summed E-state index contributed by atoms with van der Waals surface area (Å²) in [5.41, 5.74) is 2.75. The third kappa shape index (κ3) is 4.94. The predicted molar refractivity (Wildman–Crippen MR) is 79.1 cm³/mol. The van der Waals surface area contributed by atoms with Crippen molar-refractivity contribution < 1.29 is 4.74 Å². The lowest BCUT2D eigenvalue weighted by atomic mass is 10.1. The zero-order valence-electron chi connectivity index (χ0n) is 12.2. The third-order valence-corrected chi connectivity index (χ3v) is 3.56. The van der Waals surface area contributed by atoms with E-state index in [1.165, 1.54) is 24.0 Å². The molecule has 0 aromatic heterocycles. The van der Waals surface area contributed by atoms with Gasteiger partial charge in [-0.1, -0.05) is 31.2 Å². The molecule has 1 N–H and O–H groups in total. The zero-order chi connectivity index (χ0) is 13.5. The van der Waals surface area contributed by atoms with Crippen molar-refractivity contribution in [3.05, 3.63) is 35.4 Å². The van der Waals surface area contributed by atoms with E-state index in [0.717, 1.165) is 32.8 Å². The van der Waals surface area contributed by atoms with E-state index in [2.05, 4.69) is 48.5 Å². The second kappa shape index (κ2) is 7.63. The summed E-state index contributed by atoms with van der Waals surface area (Å²) in [7, 11) is 2.18. The van der Waals surface area contributed by atoms with Crippen molar-refractivity contribution in [2.45, 2.75) is 39.0 Å². The van der Waals surface area contributed by atoms with Crippen LogP contribution in [0, 0.1) is 0 Å². The molecule has 1 aliphatic heterocycles. The van der Waals surface area contributed by atoms with E-state index >= 15 is 0 Å². The fourth-order valence-corrected chi connectivity index (χ4v) is 2.62. The van der Waals surface area contributed by atoms with E-state index in [0.29, 0.717) is 6.10 Å². The maximum Gasteiger partial charge on any atom is 0.0702 e. The van der Waals surface area contributed by atoms with Crippen LogP contribution in [-0.2, 0) is 17.8 Å². The Morgan fingerprint density at radius 1 is 1.37 bits per heavy atom. The highest BCUT2D eigenvalue weighted by atomic mass is 16.5. The highest BCUT2D eigenvalue weighted by molar-refractivity contribution is 5.23. The van der Waals surface area contributed by atoms with E-state index in [1.807, 2.05) is 0 Å². The van der Waals surface area contributed by atoms with Gasteiger partial charge < -0.3 is 10.1 Å². The van der Waals surface area contributed by atoms with Gasteiger partial charge in [0.2, 0.25) is 0 Å². The Hall–Kier alpha value is -0.900. The van der Waals surface area contributed by atoms with Crippen molar-refractivity contribution in [2.24, 2.45) is 0 Å². The first kappa shape index (κ1) is 14.5. The Balaban J connectivity index is 1.83. The number of benzene rings is 1. The SMILES string of the molecule is CCNCc1cccc(CN(C)CC2CCCO2)c1. The van der Waals surface area contributed by atoms with Gasteiger partial charge in [-0.2, -0.15) is 0 Å². The molecule has 106 valence electrons. The molecule has 0 amide bonds. The molecule has 0 spiro atoms. The van der Waals surface area contributed by atoms with Crippen LogP contribution >= 0.6 is 0 Å². The van der Waals surface area contributed by atoms with Gasteiger partial charge in [-0.25, -0.2) is 0 Å². The lowest BCUT2D eigenvalue weighted by molar-refractivity contribution is 0.0793. The number of ether oxygens (including phenoxy) is 1. The standard InChI is InChI=1S/C16H26N2O/c1-3-17-11-14-6-4-7-15(10-14)12-18(2)13-16-8-5-9-19-16/h4,6-7,10,16-17H,3,5,8-9,11-13H2,1-2H3. The molecule has 2 rings (SSSR count). The summed E-state index contributed by atoms with van der Waals surface area (Å²) < 4.78 is 5.69. The average Bonchev–Trinajstić information content (AvgIpc) is 2.89. The molecule has 1 aliphatic rings. The normalized spacial score (nSPS) is 19.2. The molecular formula is C16H26N2O. The van der Waals surface area contributed by atoms with Crippen LogP contribution in [0.2, 0.25) is 0 Å². The molecule has 3 nitrogen and oxygen atoms in total. The lowest BCUT2D eigenvalue weighted by Crippen LogP contribution is -2.28. The molecule has 1 saturated heterocycles. The van der Waals surface area contributed by atoms with E-state index in [-0.39, 0.29) is 0 Å². The molecule has 1 heterocycles. The molecule has 0 radical (unpaired) electrons. The number of hydrogen-bond acceptors (Lipinski definition) is 3. The second-order valence-corrected chi connectivity index (χ2v) is 5.43. The Morgan fingerprint density at radius 2 is 2.21 bits per heavy atom. The molecule has 1 unspecified atom stereocenters. The first-order valence-corrected chi connectivity index (χ1v) is 7.36. The van der Waals surface area contributed by atoms with E-state index in [9.17, 15) is 0 Å². The van der Waals surface area contributed by atoms with Gasteiger partial charge in [-0.05, 0) is 37.6 Å². The summed E-state index contributed by atoms with van der Waals surface area (Å²) in [6.07, 6.45) is 2.87. The molecule has 1 atom stereocenters. The zero-order valence-corrected chi connectivity index (χ0v) is 12.2. The second-order valence-electron chi connectivity index (χ2n) is 5.43. The smallest absolute Gasteiger partial charge is 0.0702 e. The van der Waals surface area contributed by atoms with Crippen molar-refractivity contribution in [3.63, 3.8) is 0 Å². The molecule has 19 heavy (non-hydrogen) atoms. The third-order valence-electron chi connectivity index (χ3n) is 3.56. The Bertz CT molecular complexity index is 375. The van der Waals surface area contributed by atoms with Crippen LogP contribution in [0.5, 0.6) is 0 Å². The number of hydrogen-bond donors (Lipinski definition) is 1. The van der Waals surface area contributed by atoms with Crippen molar-refractivity contribution >= 4 is 0 Å². The average molecular weight is 262 g/mol. The molecular weight excluding hydrogens is 236 g/mol. The summed E-state index contributed by atoms with van der Waals surface area (Å²) in [5, 5.41) is 3.37. The van der Waals surface area contributed by atoms with Gasteiger partial charge in [0.05, 0.1) is 6.10 Å². The lowest BCUT2D eigenvalue weighted by Gasteiger charge is -2.20. The van der Waals surface area contributed by atoms with Crippen LogP contribution in [-0.4, -0.2) is 37.7 Å². The van der Waals surface area contributed by atoms with Gasteiger partial charge in [-0.15, -0.1) is 0 Å². The van der Waals surface area contributed by atoms with E-state index in [1.54, 1.807) is 0 Å². The minimum absolute atomic E-state index is 0.440. The Kier molecular flexibility index (Phi) is 5.83. The van der Waals surface area contributed by atoms with Gasteiger partial charge >= 0.3 is 0 Å². The number of nitrogens with one attached hydrogen (secondary N) is 1. The maximum atomic E-state index is 5.69. The molecule has 0 aliphatic carbocycles. The molecule has 3 heteroatoms. The number of rotatable bonds is 7. The summed E-state index contributed by atoms with van der Waals surface area (Å²) >= 11 is 0. The first-order valence-electron chi connectivity index (χ1n) is 7.36. The molecule has 1 aromatic carbocycles. The molecule has 0 bridgehead atoms. The minimum Gasteiger partial charge on any atom is -0.377 e. The minimum atomic E-state index is 0.440. The van der Waals surface area contributed by atoms with Gasteiger partial charge in [-0.3, -0.25) is 4.90 Å². The van der Waals surface area contributed by atoms with Crippen molar-refractivity contribution in [2.75, 3.05) is 26.7 Å². The Labute approximate surface area is 116 Å². The van der Waals surface area contributed by atoms with Gasteiger partial charge in [0.1, 0.15) is 0 Å². The van der Waals surface area contributed by atoms with Crippen LogP contribution < -0.4 is 5.32 Å². The number of nitrogens with zero attached hydrogens (tertiary/aromatic N) is 1. The van der Waals surface area contributed by atoms with E-state index in [4.69, 9.17) is 4.74 Å². The quantitative estimate of drug-likeness (QED) is 0.816. The maximum absolute atomic E-state index is 5.69. The summed E-state index contributed by atoms with van der Waals surface area (Å²) in [6.45, 7) is 7.09.